The second-order valence-corrected chi connectivity index (χ2v) is 7.58. The molecule has 0 aliphatic carbocycles. The Morgan fingerprint density at radius 3 is 2.42 bits per heavy atom. The minimum absolute atomic E-state index is 0.0154. The zero-order chi connectivity index (χ0) is 17.6. The number of urea groups is 1. The number of hydrogen-bond donors (Lipinski definition) is 2. The molecule has 0 fully saturated rings. The molecule has 0 atom stereocenters. The van der Waals surface area contributed by atoms with Crippen LogP contribution in [0.3, 0.4) is 0 Å². The Labute approximate surface area is 154 Å². The molecule has 8 heteroatoms. The van der Waals surface area contributed by atoms with Crippen molar-refractivity contribution in [1.82, 2.24) is 5.32 Å². The maximum absolute atomic E-state index is 12.3. The lowest BCUT2D eigenvalue weighted by Crippen LogP contribution is -2.29. The van der Waals surface area contributed by atoms with Gasteiger partial charge in [0.1, 0.15) is 4.90 Å². The molecule has 0 radical (unpaired) electrons. The van der Waals surface area contributed by atoms with Crippen molar-refractivity contribution in [3.05, 3.63) is 52.1 Å². The number of rotatable bonds is 6. The Hall–Kier alpha value is -1.81. The highest BCUT2D eigenvalue weighted by molar-refractivity contribution is 14.1. The molecule has 2 rings (SSSR count). The zero-order valence-electron chi connectivity index (χ0n) is 13.0. The van der Waals surface area contributed by atoms with Gasteiger partial charge in [-0.25, -0.2) is 4.79 Å². The summed E-state index contributed by atoms with van der Waals surface area (Å²) >= 11 is 2.01. The normalized spacial score (nSPS) is 10.9. The van der Waals surface area contributed by atoms with Crippen LogP contribution < -0.4 is 14.8 Å². The number of benzene rings is 2. The Morgan fingerprint density at radius 2 is 1.79 bits per heavy atom. The van der Waals surface area contributed by atoms with Crippen LogP contribution in [0.15, 0.2) is 53.4 Å². The number of carbonyl (C=O) groups excluding carboxylic acids is 1. The summed E-state index contributed by atoms with van der Waals surface area (Å²) < 4.78 is 30.5. The second kappa shape index (κ2) is 8.34. The maximum Gasteiger partial charge on any atom is 0.339 e. The SMILES string of the molecule is CCCNC(=O)Nc1ccc(S(=O)(=O)Oc2ccccc2I)cc1. The molecule has 0 aromatic heterocycles. The van der Waals surface area contributed by atoms with Gasteiger partial charge in [0.2, 0.25) is 0 Å². The molecule has 0 aliphatic rings. The topological polar surface area (TPSA) is 84.5 Å². The average molecular weight is 460 g/mol. The van der Waals surface area contributed by atoms with E-state index in [9.17, 15) is 13.2 Å². The molecular formula is C16H17IN2O4S. The third kappa shape index (κ3) is 5.10. The average Bonchev–Trinajstić information content (AvgIpc) is 2.55. The van der Waals surface area contributed by atoms with Crippen molar-refractivity contribution in [3.63, 3.8) is 0 Å². The van der Waals surface area contributed by atoms with Gasteiger partial charge in [-0.1, -0.05) is 19.1 Å². The molecule has 0 bridgehead atoms. The van der Waals surface area contributed by atoms with Crippen molar-refractivity contribution < 1.29 is 17.4 Å². The number of hydrogen-bond acceptors (Lipinski definition) is 4. The Morgan fingerprint density at radius 1 is 1.12 bits per heavy atom. The molecule has 0 saturated carbocycles. The van der Waals surface area contributed by atoms with E-state index < -0.39 is 10.1 Å². The van der Waals surface area contributed by atoms with Gasteiger partial charge in [0.15, 0.2) is 5.75 Å². The number of nitrogens with one attached hydrogen (secondary N) is 2. The van der Waals surface area contributed by atoms with Gasteiger partial charge in [0, 0.05) is 12.2 Å². The lowest BCUT2D eigenvalue weighted by molar-refractivity contribution is 0.252. The molecule has 0 saturated heterocycles. The van der Waals surface area contributed by atoms with Crippen molar-refractivity contribution in [1.29, 1.82) is 0 Å². The fourth-order valence-electron chi connectivity index (χ4n) is 1.80. The number of para-hydroxylation sites is 1. The summed E-state index contributed by atoms with van der Waals surface area (Å²) in [6, 6.07) is 12.3. The van der Waals surface area contributed by atoms with Crippen molar-refractivity contribution in [2.45, 2.75) is 18.2 Å². The molecule has 2 aromatic rings. The minimum atomic E-state index is -3.93. The van der Waals surface area contributed by atoms with E-state index in [-0.39, 0.29) is 16.7 Å². The number of halogens is 1. The molecular weight excluding hydrogens is 443 g/mol. The Balaban J connectivity index is 2.09. The summed E-state index contributed by atoms with van der Waals surface area (Å²) in [5.74, 6) is 0.277. The van der Waals surface area contributed by atoms with Crippen LogP contribution >= 0.6 is 22.6 Å². The van der Waals surface area contributed by atoms with Crippen LogP contribution in [0.4, 0.5) is 10.5 Å². The van der Waals surface area contributed by atoms with E-state index in [2.05, 4.69) is 10.6 Å². The molecule has 6 nitrogen and oxygen atoms in total. The van der Waals surface area contributed by atoms with E-state index in [1.807, 2.05) is 29.5 Å². The van der Waals surface area contributed by atoms with E-state index in [4.69, 9.17) is 4.18 Å². The lowest BCUT2D eigenvalue weighted by atomic mass is 10.3. The summed E-state index contributed by atoms with van der Waals surface area (Å²) in [4.78, 5) is 11.6. The Kier molecular flexibility index (Phi) is 6.44. The van der Waals surface area contributed by atoms with Crippen LogP contribution in [0.5, 0.6) is 5.75 Å². The minimum Gasteiger partial charge on any atom is -0.378 e. The first-order chi connectivity index (χ1) is 11.4. The van der Waals surface area contributed by atoms with Gasteiger partial charge in [-0.2, -0.15) is 8.42 Å². The summed E-state index contributed by atoms with van der Waals surface area (Å²) in [6.07, 6.45) is 0.834. The van der Waals surface area contributed by atoms with Crippen molar-refractivity contribution in [3.8, 4) is 5.75 Å². The number of amides is 2. The van der Waals surface area contributed by atoms with Gasteiger partial charge in [-0.05, 0) is 65.4 Å². The highest BCUT2D eigenvalue weighted by Crippen LogP contribution is 2.24. The van der Waals surface area contributed by atoms with Crippen LogP contribution in [0.1, 0.15) is 13.3 Å². The summed E-state index contributed by atoms with van der Waals surface area (Å²) in [5.41, 5.74) is 0.497. The van der Waals surface area contributed by atoms with Gasteiger partial charge >= 0.3 is 16.1 Å². The molecule has 0 unspecified atom stereocenters. The molecule has 0 aliphatic heterocycles. The molecule has 2 N–H and O–H groups in total. The molecule has 2 amide bonds. The number of anilines is 1. The predicted molar refractivity (Wildman–Crippen MR) is 101 cm³/mol. The molecule has 24 heavy (non-hydrogen) atoms. The van der Waals surface area contributed by atoms with Crippen molar-refractivity contribution >= 4 is 44.4 Å². The third-order valence-electron chi connectivity index (χ3n) is 2.97. The summed E-state index contributed by atoms with van der Waals surface area (Å²) in [7, 11) is -3.93. The molecule has 0 heterocycles. The second-order valence-electron chi connectivity index (χ2n) is 4.87. The van der Waals surface area contributed by atoms with Gasteiger partial charge in [0.25, 0.3) is 0 Å². The first-order valence-electron chi connectivity index (χ1n) is 7.26. The van der Waals surface area contributed by atoms with Crippen molar-refractivity contribution in [2.24, 2.45) is 0 Å². The zero-order valence-corrected chi connectivity index (χ0v) is 15.9. The third-order valence-corrected chi connectivity index (χ3v) is 5.11. The highest BCUT2D eigenvalue weighted by atomic mass is 127. The van der Waals surface area contributed by atoms with Crippen molar-refractivity contribution in [2.75, 3.05) is 11.9 Å². The molecule has 0 spiro atoms. The monoisotopic (exact) mass is 460 g/mol. The summed E-state index contributed by atoms with van der Waals surface area (Å²) in [5, 5.41) is 5.30. The lowest BCUT2D eigenvalue weighted by Gasteiger charge is -2.10. The first-order valence-corrected chi connectivity index (χ1v) is 9.75. The van der Waals surface area contributed by atoms with Gasteiger partial charge in [-0.15, -0.1) is 0 Å². The highest BCUT2D eigenvalue weighted by Gasteiger charge is 2.18. The van der Waals surface area contributed by atoms with Crippen LogP contribution in [-0.2, 0) is 10.1 Å². The van der Waals surface area contributed by atoms with Crippen LogP contribution in [0.2, 0.25) is 0 Å². The fraction of sp³-hybridized carbons (Fsp3) is 0.188. The standard InChI is InChI=1S/C16H17IN2O4S/c1-2-11-18-16(20)19-12-7-9-13(10-8-12)24(21,22)23-15-6-4-3-5-14(15)17/h3-10H,2,11H2,1H3,(H2,18,19,20). The van der Waals surface area contributed by atoms with Gasteiger partial charge in [-0.3, -0.25) is 0 Å². The Bertz CT molecular complexity index is 807. The number of carbonyl (C=O) groups is 1. The largest absolute Gasteiger partial charge is 0.378 e. The first kappa shape index (κ1) is 18.5. The molecule has 2 aromatic carbocycles. The van der Waals surface area contributed by atoms with E-state index >= 15 is 0 Å². The van der Waals surface area contributed by atoms with E-state index in [0.29, 0.717) is 15.8 Å². The smallest absolute Gasteiger partial charge is 0.339 e. The predicted octanol–water partition coefficient (Wildman–Crippen LogP) is 3.59. The van der Waals surface area contributed by atoms with Gasteiger partial charge in [0.05, 0.1) is 3.57 Å². The van der Waals surface area contributed by atoms with E-state index in [1.165, 1.54) is 24.3 Å². The fourth-order valence-corrected chi connectivity index (χ4v) is 3.39. The molecule has 128 valence electrons. The summed E-state index contributed by atoms with van der Waals surface area (Å²) in [6.45, 7) is 2.52. The quantitative estimate of drug-likeness (QED) is 0.510. The van der Waals surface area contributed by atoms with E-state index in [0.717, 1.165) is 6.42 Å². The van der Waals surface area contributed by atoms with Crippen LogP contribution in [-0.4, -0.2) is 21.0 Å². The van der Waals surface area contributed by atoms with Crippen LogP contribution in [0, 0.1) is 3.57 Å². The van der Waals surface area contributed by atoms with Gasteiger partial charge < -0.3 is 14.8 Å². The van der Waals surface area contributed by atoms with Crippen LogP contribution in [0.25, 0.3) is 0 Å². The maximum atomic E-state index is 12.3. The van der Waals surface area contributed by atoms with E-state index in [1.54, 1.807) is 24.3 Å².